The number of aromatic hydroxyl groups is 1. The van der Waals surface area contributed by atoms with Crippen LogP contribution in [-0.4, -0.2) is 22.3 Å². The van der Waals surface area contributed by atoms with Gasteiger partial charge in [0.05, 0.1) is 12.3 Å². The molecule has 0 radical (unpaired) electrons. The summed E-state index contributed by atoms with van der Waals surface area (Å²) in [6, 6.07) is 11.5. The molecule has 1 aliphatic rings. The molecule has 0 atom stereocenters. The molecule has 2 N–H and O–H groups in total. The van der Waals surface area contributed by atoms with Gasteiger partial charge in [-0.05, 0) is 39.0 Å². The minimum Gasteiger partial charge on any atom is -0.508 e. The minimum atomic E-state index is -0.223. The zero-order chi connectivity index (χ0) is 19.7. The lowest BCUT2D eigenvalue weighted by molar-refractivity contribution is 0.132. The van der Waals surface area contributed by atoms with Crippen molar-refractivity contribution in [3.05, 3.63) is 52.9 Å². The zero-order valence-corrected chi connectivity index (χ0v) is 17.1. The van der Waals surface area contributed by atoms with Crippen LogP contribution in [0.3, 0.4) is 0 Å². The van der Waals surface area contributed by atoms with Crippen molar-refractivity contribution in [1.82, 2.24) is 4.98 Å². The van der Waals surface area contributed by atoms with Crippen molar-refractivity contribution in [3.8, 4) is 28.5 Å². The summed E-state index contributed by atoms with van der Waals surface area (Å²) in [6.45, 7) is 7.27. The van der Waals surface area contributed by atoms with Gasteiger partial charge in [0.15, 0.2) is 16.6 Å². The highest BCUT2D eigenvalue weighted by Gasteiger charge is 2.33. The lowest BCUT2D eigenvalue weighted by Crippen LogP contribution is -2.24. The van der Waals surface area contributed by atoms with E-state index >= 15 is 0 Å². The molecule has 0 aliphatic carbocycles. The summed E-state index contributed by atoms with van der Waals surface area (Å²) in [5.74, 6) is 1.91. The summed E-state index contributed by atoms with van der Waals surface area (Å²) < 4.78 is 11.9. The molecule has 146 valence electrons. The molecule has 1 aliphatic heterocycles. The molecule has 4 rings (SSSR count). The van der Waals surface area contributed by atoms with Crippen molar-refractivity contribution in [2.75, 3.05) is 11.9 Å². The molecule has 6 heteroatoms. The van der Waals surface area contributed by atoms with Gasteiger partial charge in [0.1, 0.15) is 11.4 Å². The number of rotatable bonds is 6. The Labute approximate surface area is 169 Å². The Bertz CT molecular complexity index is 997. The van der Waals surface area contributed by atoms with E-state index in [1.54, 1.807) is 17.4 Å². The largest absolute Gasteiger partial charge is 0.508 e. The number of anilines is 1. The Morgan fingerprint density at radius 2 is 2.11 bits per heavy atom. The summed E-state index contributed by atoms with van der Waals surface area (Å²) in [7, 11) is 0. The number of aromatic nitrogens is 1. The maximum absolute atomic E-state index is 9.90. The van der Waals surface area contributed by atoms with Crippen LogP contribution in [0.15, 0.2) is 41.8 Å². The molecule has 0 amide bonds. The number of hydrogen-bond donors (Lipinski definition) is 2. The Balaban J connectivity index is 1.57. The minimum absolute atomic E-state index is 0.223. The number of benzene rings is 2. The number of fused-ring (bicyclic) bond motifs is 1. The maximum atomic E-state index is 9.90. The van der Waals surface area contributed by atoms with Crippen molar-refractivity contribution in [1.29, 1.82) is 0 Å². The van der Waals surface area contributed by atoms with Gasteiger partial charge in [0, 0.05) is 35.0 Å². The van der Waals surface area contributed by atoms with Crippen LogP contribution in [0.5, 0.6) is 17.2 Å². The second kappa shape index (κ2) is 7.36. The third kappa shape index (κ3) is 3.78. The Morgan fingerprint density at radius 3 is 2.89 bits per heavy atom. The first-order valence-electron chi connectivity index (χ1n) is 9.40. The molecule has 0 unspecified atom stereocenters. The molecule has 0 saturated heterocycles. The topological polar surface area (TPSA) is 63.6 Å². The normalized spacial score (nSPS) is 14.4. The number of para-hydroxylation sites is 1. The summed E-state index contributed by atoms with van der Waals surface area (Å²) >= 11 is 1.55. The van der Waals surface area contributed by atoms with Crippen molar-refractivity contribution < 1.29 is 14.6 Å². The summed E-state index contributed by atoms with van der Waals surface area (Å²) in [5.41, 5.74) is 3.70. The van der Waals surface area contributed by atoms with Crippen LogP contribution in [0.25, 0.3) is 11.3 Å². The molecular formula is C22H24N2O3S. The van der Waals surface area contributed by atoms with E-state index in [1.165, 1.54) is 0 Å². The van der Waals surface area contributed by atoms with Gasteiger partial charge in [0.2, 0.25) is 0 Å². The van der Waals surface area contributed by atoms with Crippen LogP contribution < -0.4 is 14.8 Å². The molecule has 2 aromatic carbocycles. The first kappa shape index (κ1) is 18.6. The molecule has 0 bridgehead atoms. The summed E-state index contributed by atoms with van der Waals surface area (Å²) in [5, 5.41) is 16.0. The number of phenols is 1. The average Bonchev–Trinajstić information content (AvgIpc) is 3.24. The van der Waals surface area contributed by atoms with Crippen molar-refractivity contribution in [2.45, 2.75) is 39.3 Å². The van der Waals surface area contributed by atoms with Gasteiger partial charge in [-0.15, -0.1) is 11.3 Å². The first-order valence-corrected chi connectivity index (χ1v) is 10.3. The Morgan fingerprint density at radius 1 is 1.29 bits per heavy atom. The molecule has 5 nitrogen and oxygen atoms in total. The van der Waals surface area contributed by atoms with Crippen LogP contribution >= 0.6 is 11.3 Å². The summed E-state index contributed by atoms with van der Waals surface area (Å²) in [6.07, 6.45) is 0.846. The summed E-state index contributed by atoms with van der Waals surface area (Å²) in [4.78, 5) is 4.72. The van der Waals surface area contributed by atoms with Gasteiger partial charge in [0.25, 0.3) is 0 Å². The van der Waals surface area contributed by atoms with Crippen LogP contribution in [0.2, 0.25) is 0 Å². The van der Waals surface area contributed by atoms with Gasteiger partial charge in [-0.1, -0.05) is 18.2 Å². The first-order chi connectivity index (χ1) is 13.4. The highest BCUT2D eigenvalue weighted by atomic mass is 32.1. The maximum Gasteiger partial charge on any atom is 0.183 e. The predicted octanol–water partition coefficient (Wildman–Crippen LogP) is 5.24. The van der Waals surface area contributed by atoms with Crippen molar-refractivity contribution >= 4 is 16.5 Å². The van der Waals surface area contributed by atoms with Crippen LogP contribution in [0.4, 0.5) is 5.13 Å². The third-order valence-corrected chi connectivity index (χ3v) is 5.45. The highest BCUT2D eigenvalue weighted by Crippen LogP contribution is 2.45. The molecule has 1 aromatic heterocycles. The quantitative estimate of drug-likeness (QED) is 0.597. The van der Waals surface area contributed by atoms with Gasteiger partial charge in [-0.2, -0.15) is 0 Å². The molecule has 2 heterocycles. The zero-order valence-electron chi connectivity index (χ0n) is 16.3. The van der Waals surface area contributed by atoms with Gasteiger partial charge in [-0.25, -0.2) is 4.98 Å². The van der Waals surface area contributed by atoms with Gasteiger partial charge in [-0.3, -0.25) is 0 Å². The SMILES string of the molecule is CCOc1cc(-c2csc(NCc3ccccc3O)n2)cc2c1OC(C)(C)C2. The van der Waals surface area contributed by atoms with E-state index in [0.29, 0.717) is 13.2 Å². The van der Waals surface area contributed by atoms with Crippen LogP contribution in [-0.2, 0) is 13.0 Å². The Hall–Kier alpha value is -2.73. The lowest BCUT2D eigenvalue weighted by atomic mass is 9.99. The fourth-order valence-electron chi connectivity index (χ4n) is 3.41. The average molecular weight is 397 g/mol. The van der Waals surface area contributed by atoms with E-state index in [4.69, 9.17) is 14.5 Å². The molecule has 0 spiro atoms. The highest BCUT2D eigenvalue weighted by molar-refractivity contribution is 7.14. The van der Waals surface area contributed by atoms with Crippen molar-refractivity contribution in [3.63, 3.8) is 0 Å². The molecule has 28 heavy (non-hydrogen) atoms. The number of hydrogen-bond acceptors (Lipinski definition) is 6. The lowest BCUT2D eigenvalue weighted by Gasteiger charge is -2.18. The molecular weight excluding hydrogens is 372 g/mol. The fourth-order valence-corrected chi connectivity index (χ4v) is 4.13. The second-order valence-corrected chi connectivity index (χ2v) is 8.31. The van der Waals surface area contributed by atoms with E-state index in [-0.39, 0.29) is 11.4 Å². The number of thiazole rings is 1. The van der Waals surface area contributed by atoms with E-state index in [0.717, 1.165) is 45.4 Å². The number of phenolic OH excluding ortho intramolecular Hbond substituents is 1. The van der Waals surface area contributed by atoms with Crippen molar-refractivity contribution in [2.24, 2.45) is 0 Å². The van der Waals surface area contributed by atoms with E-state index in [9.17, 15) is 5.11 Å². The van der Waals surface area contributed by atoms with E-state index < -0.39 is 0 Å². The van der Waals surface area contributed by atoms with Gasteiger partial charge >= 0.3 is 0 Å². The van der Waals surface area contributed by atoms with Gasteiger partial charge < -0.3 is 19.9 Å². The van der Waals surface area contributed by atoms with E-state index in [1.807, 2.05) is 36.6 Å². The fraction of sp³-hybridized carbons (Fsp3) is 0.318. The monoisotopic (exact) mass is 396 g/mol. The molecule has 3 aromatic rings. The second-order valence-electron chi connectivity index (χ2n) is 7.45. The van der Waals surface area contributed by atoms with E-state index in [2.05, 4.69) is 25.2 Å². The standard InChI is InChI=1S/C22H24N2O3S/c1-4-26-19-10-15(9-16-11-22(2,3)27-20(16)19)17-13-28-21(24-17)23-12-14-7-5-6-8-18(14)25/h5-10,13,25H,4,11-12H2,1-3H3,(H,23,24). The number of nitrogens with one attached hydrogen (secondary N) is 1. The van der Waals surface area contributed by atoms with Crippen LogP contribution in [0, 0.1) is 0 Å². The third-order valence-electron chi connectivity index (χ3n) is 4.65. The smallest absolute Gasteiger partial charge is 0.183 e. The van der Waals surface area contributed by atoms with Crippen LogP contribution in [0.1, 0.15) is 31.9 Å². The molecule has 0 saturated carbocycles. The number of ether oxygens (including phenoxy) is 2. The Kier molecular flexibility index (Phi) is 4.89. The molecule has 0 fully saturated rings. The number of nitrogens with zero attached hydrogens (tertiary/aromatic N) is 1. The predicted molar refractivity (Wildman–Crippen MR) is 113 cm³/mol.